The van der Waals surface area contributed by atoms with Crippen LogP contribution in [0.25, 0.3) is 0 Å². The van der Waals surface area contributed by atoms with Gasteiger partial charge in [0.2, 0.25) is 0 Å². The molecule has 24 heavy (non-hydrogen) atoms. The van der Waals surface area contributed by atoms with Crippen molar-refractivity contribution in [1.29, 1.82) is 0 Å². The SMILES string of the molecule is O=C(NC1CCN(CC(O)c2ccccc2F)CC1)c1ccsc1. The van der Waals surface area contributed by atoms with E-state index in [4.69, 9.17) is 0 Å². The molecule has 3 rings (SSSR count). The van der Waals surface area contributed by atoms with E-state index in [2.05, 4.69) is 10.2 Å². The van der Waals surface area contributed by atoms with Crippen molar-refractivity contribution in [3.63, 3.8) is 0 Å². The summed E-state index contributed by atoms with van der Waals surface area (Å²) in [5, 5.41) is 17.0. The lowest BCUT2D eigenvalue weighted by molar-refractivity contribution is 0.0818. The summed E-state index contributed by atoms with van der Waals surface area (Å²) in [7, 11) is 0. The zero-order chi connectivity index (χ0) is 16.9. The Morgan fingerprint density at radius 3 is 2.75 bits per heavy atom. The molecule has 2 N–H and O–H groups in total. The Bertz CT molecular complexity index is 669. The summed E-state index contributed by atoms with van der Waals surface area (Å²) in [5.74, 6) is -0.399. The smallest absolute Gasteiger partial charge is 0.252 e. The van der Waals surface area contributed by atoms with Gasteiger partial charge in [0.1, 0.15) is 5.82 Å². The molecule has 1 unspecified atom stereocenters. The van der Waals surface area contributed by atoms with Crippen LogP contribution in [0.5, 0.6) is 0 Å². The average Bonchev–Trinajstić information content (AvgIpc) is 3.11. The number of benzene rings is 1. The largest absolute Gasteiger partial charge is 0.387 e. The van der Waals surface area contributed by atoms with Crippen LogP contribution in [0, 0.1) is 5.82 Å². The maximum absolute atomic E-state index is 13.7. The minimum atomic E-state index is -0.830. The first-order valence-corrected chi connectivity index (χ1v) is 9.05. The molecule has 4 nitrogen and oxygen atoms in total. The number of aliphatic hydroxyl groups is 1. The van der Waals surface area contributed by atoms with E-state index >= 15 is 0 Å². The number of amides is 1. The summed E-state index contributed by atoms with van der Waals surface area (Å²) >= 11 is 1.51. The summed E-state index contributed by atoms with van der Waals surface area (Å²) in [6.07, 6.45) is 0.836. The molecule has 0 saturated carbocycles. The van der Waals surface area contributed by atoms with Crippen molar-refractivity contribution >= 4 is 17.2 Å². The van der Waals surface area contributed by atoms with Gasteiger partial charge in [-0.05, 0) is 30.4 Å². The Labute approximate surface area is 144 Å². The number of carbonyl (C=O) groups excluding carboxylic acids is 1. The first-order valence-electron chi connectivity index (χ1n) is 8.11. The van der Waals surface area contributed by atoms with Crippen LogP contribution in [0.15, 0.2) is 41.1 Å². The molecular weight excluding hydrogens is 327 g/mol. The molecule has 0 spiro atoms. The second kappa shape index (κ2) is 7.88. The van der Waals surface area contributed by atoms with Gasteiger partial charge < -0.3 is 15.3 Å². The molecule has 2 heterocycles. The van der Waals surface area contributed by atoms with Crippen molar-refractivity contribution in [1.82, 2.24) is 10.2 Å². The topological polar surface area (TPSA) is 52.6 Å². The van der Waals surface area contributed by atoms with Gasteiger partial charge in [0.15, 0.2) is 0 Å². The van der Waals surface area contributed by atoms with Crippen LogP contribution in [-0.4, -0.2) is 41.6 Å². The molecule has 2 aromatic rings. The molecule has 1 fully saturated rings. The second-order valence-corrected chi connectivity index (χ2v) is 6.88. The number of thiophene rings is 1. The van der Waals surface area contributed by atoms with Gasteiger partial charge in [-0.15, -0.1) is 0 Å². The lowest BCUT2D eigenvalue weighted by Crippen LogP contribution is -2.45. The number of aliphatic hydroxyl groups excluding tert-OH is 1. The normalized spacial score (nSPS) is 17.6. The van der Waals surface area contributed by atoms with Gasteiger partial charge in [-0.3, -0.25) is 4.79 Å². The molecule has 0 bridgehead atoms. The van der Waals surface area contributed by atoms with Gasteiger partial charge in [0.05, 0.1) is 6.10 Å². The highest BCUT2D eigenvalue weighted by atomic mass is 32.1. The van der Waals surface area contributed by atoms with E-state index in [9.17, 15) is 14.3 Å². The number of halogens is 1. The lowest BCUT2D eigenvalue weighted by Gasteiger charge is -2.33. The van der Waals surface area contributed by atoms with Gasteiger partial charge >= 0.3 is 0 Å². The number of rotatable bonds is 5. The quantitative estimate of drug-likeness (QED) is 0.874. The fourth-order valence-corrected chi connectivity index (χ4v) is 3.65. The van der Waals surface area contributed by atoms with E-state index in [1.807, 2.05) is 16.8 Å². The molecule has 1 amide bonds. The van der Waals surface area contributed by atoms with Crippen molar-refractivity contribution in [3.05, 3.63) is 58.0 Å². The Kier molecular flexibility index (Phi) is 5.60. The van der Waals surface area contributed by atoms with Crippen LogP contribution in [0.1, 0.15) is 34.9 Å². The molecule has 1 atom stereocenters. The first kappa shape index (κ1) is 17.1. The third-order valence-corrected chi connectivity index (χ3v) is 5.08. The van der Waals surface area contributed by atoms with E-state index < -0.39 is 6.10 Å². The third-order valence-electron chi connectivity index (χ3n) is 4.40. The van der Waals surface area contributed by atoms with Crippen LogP contribution in [-0.2, 0) is 0 Å². The van der Waals surface area contributed by atoms with E-state index in [0.717, 1.165) is 25.9 Å². The van der Waals surface area contributed by atoms with E-state index in [0.29, 0.717) is 17.7 Å². The van der Waals surface area contributed by atoms with Crippen LogP contribution in [0.4, 0.5) is 4.39 Å². The number of carbonyl (C=O) groups is 1. The Morgan fingerprint density at radius 1 is 1.33 bits per heavy atom. The van der Waals surface area contributed by atoms with E-state index in [1.54, 1.807) is 18.2 Å². The number of nitrogens with one attached hydrogen (secondary N) is 1. The molecule has 1 aromatic heterocycles. The lowest BCUT2D eigenvalue weighted by atomic mass is 10.0. The van der Waals surface area contributed by atoms with Crippen LogP contribution >= 0.6 is 11.3 Å². The highest BCUT2D eigenvalue weighted by Gasteiger charge is 2.23. The molecule has 6 heteroatoms. The van der Waals surface area contributed by atoms with Gasteiger partial charge in [0, 0.05) is 42.2 Å². The second-order valence-electron chi connectivity index (χ2n) is 6.10. The molecular formula is C18H21FN2O2S. The molecule has 0 radical (unpaired) electrons. The number of β-amino-alcohol motifs (C(OH)–C–C–N with tert-alkyl or cyclic N) is 1. The summed E-state index contributed by atoms with van der Waals surface area (Å²) < 4.78 is 13.7. The maximum atomic E-state index is 13.7. The Morgan fingerprint density at radius 2 is 2.08 bits per heavy atom. The highest BCUT2D eigenvalue weighted by molar-refractivity contribution is 7.08. The molecule has 1 aliphatic rings. The standard InChI is InChI=1S/C18H21FN2O2S/c19-16-4-2-1-3-15(16)17(22)11-21-8-5-14(6-9-21)20-18(23)13-7-10-24-12-13/h1-4,7,10,12,14,17,22H,5-6,8-9,11H2,(H,20,23). The fraction of sp³-hybridized carbons (Fsp3) is 0.389. The van der Waals surface area contributed by atoms with Crippen molar-refractivity contribution in [2.45, 2.75) is 25.0 Å². The van der Waals surface area contributed by atoms with Crippen LogP contribution in [0.2, 0.25) is 0 Å². The Balaban J connectivity index is 1.47. The van der Waals surface area contributed by atoms with Gasteiger partial charge in [-0.1, -0.05) is 18.2 Å². The zero-order valence-corrected chi connectivity index (χ0v) is 14.1. The van der Waals surface area contributed by atoms with Gasteiger partial charge in [-0.25, -0.2) is 4.39 Å². The summed E-state index contributed by atoms with van der Waals surface area (Å²) in [6.45, 7) is 1.96. The predicted octanol–water partition coefficient (Wildman–Crippen LogP) is 2.82. The van der Waals surface area contributed by atoms with Gasteiger partial charge in [-0.2, -0.15) is 11.3 Å². The first-order chi connectivity index (χ1) is 11.6. The summed E-state index contributed by atoms with van der Waals surface area (Å²) in [4.78, 5) is 14.2. The Hall–Kier alpha value is -1.76. The minimum Gasteiger partial charge on any atom is -0.387 e. The van der Waals surface area contributed by atoms with E-state index in [1.165, 1.54) is 17.4 Å². The molecule has 1 aromatic carbocycles. The van der Waals surface area contributed by atoms with Crippen molar-refractivity contribution in [2.24, 2.45) is 0 Å². The number of nitrogens with zero attached hydrogens (tertiary/aromatic N) is 1. The van der Waals surface area contributed by atoms with Crippen LogP contribution < -0.4 is 5.32 Å². The molecule has 1 aliphatic heterocycles. The number of hydrogen-bond acceptors (Lipinski definition) is 4. The fourth-order valence-electron chi connectivity index (χ4n) is 3.01. The maximum Gasteiger partial charge on any atom is 0.252 e. The predicted molar refractivity (Wildman–Crippen MR) is 92.6 cm³/mol. The monoisotopic (exact) mass is 348 g/mol. The minimum absolute atomic E-state index is 0.0268. The number of piperidine rings is 1. The molecule has 128 valence electrons. The zero-order valence-electron chi connectivity index (χ0n) is 13.3. The van der Waals surface area contributed by atoms with Gasteiger partial charge in [0.25, 0.3) is 5.91 Å². The molecule has 0 aliphatic carbocycles. The van der Waals surface area contributed by atoms with Crippen molar-refractivity contribution < 1.29 is 14.3 Å². The molecule has 1 saturated heterocycles. The van der Waals surface area contributed by atoms with Crippen molar-refractivity contribution in [2.75, 3.05) is 19.6 Å². The summed E-state index contributed by atoms with van der Waals surface area (Å²) in [5.41, 5.74) is 1.04. The number of hydrogen-bond donors (Lipinski definition) is 2. The van der Waals surface area contributed by atoms with Crippen LogP contribution in [0.3, 0.4) is 0 Å². The summed E-state index contributed by atoms with van der Waals surface area (Å²) in [6, 6.07) is 8.30. The number of likely N-dealkylation sites (tertiary alicyclic amines) is 1. The third kappa shape index (κ3) is 4.20. The highest BCUT2D eigenvalue weighted by Crippen LogP contribution is 2.20. The van der Waals surface area contributed by atoms with Crippen molar-refractivity contribution in [3.8, 4) is 0 Å². The van der Waals surface area contributed by atoms with E-state index in [-0.39, 0.29) is 17.8 Å². The average molecular weight is 348 g/mol.